The SMILES string of the molecule is C[N+](C)(CCCOc1ccccc1)Cc1nnc(C([O-])(c2ccccc2)C2CCCCC2)o1. The summed E-state index contributed by atoms with van der Waals surface area (Å²) in [7, 11) is 4.27. The molecule has 0 spiro atoms. The van der Waals surface area contributed by atoms with Crippen LogP contribution in [0, 0.1) is 5.92 Å². The first kappa shape index (κ1) is 23.5. The van der Waals surface area contributed by atoms with E-state index in [2.05, 4.69) is 24.3 Å². The van der Waals surface area contributed by atoms with Crippen molar-refractivity contribution in [3.63, 3.8) is 0 Å². The summed E-state index contributed by atoms with van der Waals surface area (Å²) in [6.07, 6.45) is 6.06. The van der Waals surface area contributed by atoms with Crippen LogP contribution in [0.4, 0.5) is 0 Å². The number of ether oxygens (including phenoxy) is 1. The summed E-state index contributed by atoms with van der Waals surface area (Å²) in [5.41, 5.74) is -0.771. The highest BCUT2D eigenvalue weighted by Gasteiger charge is 2.37. The molecule has 0 amide bonds. The lowest BCUT2D eigenvalue weighted by molar-refractivity contribution is -0.905. The maximum atomic E-state index is 14.4. The van der Waals surface area contributed by atoms with Crippen LogP contribution in [0.1, 0.15) is 55.9 Å². The zero-order valence-electron chi connectivity index (χ0n) is 19.8. The van der Waals surface area contributed by atoms with Crippen LogP contribution < -0.4 is 9.84 Å². The number of nitrogens with zero attached hydrogens (tertiary/aromatic N) is 3. The van der Waals surface area contributed by atoms with Gasteiger partial charge in [0, 0.05) is 6.42 Å². The highest BCUT2D eigenvalue weighted by molar-refractivity contribution is 5.29. The van der Waals surface area contributed by atoms with Gasteiger partial charge in [-0.15, -0.1) is 10.2 Å². The second-order valence-electron chi connectivity index (χ2n) is 9.77. The van der Waals surface area contributed by atoms with Crippen LogP contribution in [0.15, 0.2) is 65.1 Å². The fourth-order valence-electron chi connectivity index (χ4n) is 4.84. The van der Waals surface area contributed by atoms with Gasteiger partial charge in [-0.05, 0) is 29.2 Å². The van der Waals surface area contributed by atoms with E-state index in [-0.39, 0.29) is 11.8 Å². The Kier molecular flexibility index (Phi) is 7.46. The zero-order chi connectivity index (χ0) is 23.2. The van der Waals surface area contributed by atoms with Crippen LogP contribution in [-0.2, 0) is 12.1 Å². The van der Waals surface area contributed by atoms with Gasteiger partial charge in [0.15, 0.2) is 6.54 Å². The van der Waals surface area contributed by atoms with Crippen molar-refractivity contribution in [3.8, 4) is 5.75 Å². The summed E-state index contributed by atoms with van der Waals surface area (Å²) < 4.78 is 12.6. The van der Waals surface area contributed by atoms with Crippen LogP contribution >= 0.6 is 0 Å². The van der Waals surface area contributed by atoms with Gasteiger partial charge in [0.05, 0.1) is 27.2 Å². The number of rotatable bonds is 10. The van der Waals surface area contributed by atoms with E-state index >= 15 is 0 Å². The third kappa shape index (κ3) is 5.81. The predicted octanol–water partition coefficient (Wildman–Crippen LogP) is 4.30. The van der Waals surface area contributed by atoms with Crippen molar-refractivity contribution in [3.05, 3.63) is 78.0 Å². The molecule has 0 N–H and O–H groups in total. The Hall–Kier alpha value is -2.70. The van der Waals surface area contributed by atoms with Gasteiger partial charge < -0.3 is 18.7 Å². The van der Waals surface area contributed by atoms with E-state index in [9.17, 15) is 5.11 Å². The standard InChI is InChI=1S/C27H35N3O3/c1-30(2,19-12-20-32-24-17-10-5-11-18-24)21-25-28-29-26(33-25)27(31,22-13-6-3-7-14-22)23-15-8-4-9-16-23/h3,5-7,10-11,13-14,17-18,23H,4,8-9,12,15-16,19-21H2,1-2H3. The molecule has 1 aliphatic rings. The van der Waals surface area contributed by atoms with Gasteiger partial charge in [-0.25, -0.2) is 0 Å². The summed E-state index contributed by atoms with van der Waals surface area (Å²) in [6.45, 7) is 2.13. The molecule has 4 rings (SSSR count). The van der Waals surface area contributed by atoms with E-state index in [0.29, 0.717) is 23.5 Å². The molecule has 1 aliphatic carbocycles. The molecule has 33 heavy (non-hydrogen) atoms. The van der Waals surface area contributed by atoms with Gasteiger partial charge in [-0.3, -0.25) is 0 Å². The average Bonchev–Trinajstić information content (AvgIpc) is 3.31. The molecule has 1 heterocycles. The van der Waals surface area contributed by atoms with E-state index in [1.165, 1.54) is 6.42 Å². The Morgan fingerprint density at radius 3 is 2.33 bits per heavy atom. The number of hydrogen-bond acceptors (Lipinski definition) is 5. The smallest absolute Gasteiger partial charge is 0.271 e. The number of benzene rings is 2. The van der Waals surface area contributed by atoms with Crippen molar-refractivity contribution in [1.29, 1.82) is 0 Å². The Morgan fingerprint density at radius 1 is 0.970 bits per heavy atom. The van der Waals surface area contributed by atoms with Crippen molar-refractivity contribution < 1.29 is 18.7 Å². The molecule has 3 aromatic rings. The molecule has 0 bridgehead atoms. The van der Waals surface area contributed by atoms with Crippen LogP contribution in [-0.4, -0.2) is 41.9 Å². The molecule has 2 aromatic carbocycles. The highest BCUT2D eigenvalue weighted by atomic mass is 16.5. The minimum atomic E-state index is -1.49. The van der Waals surface area contributed by atoms with Crippen LogP contribution in [0.25, 0.3) is 0 Å². The van der Waals surface area contributed by atoms with E-state index < -0.39 is 5.60 Å². The Labute approximate surface area is 196 Å². The van der Waals surface area contributed by atoms with Crippen LogP contribution in [0.3, 0.4) is 0 Å². The fourth-order valence-corrected chi connectivity index (χ4v) is 4.84. The molecule has 1 unspecified atom stereocenters. The molecule has 1 fully saturated rings. The first-order valence-electron chi connectivity index (χ1n) is 12.1. The third-order valence-electron chi connectivity index (χ3n) is 6.65. The summed E-state index contributed by atoms with van der Waals surface area (Å²) in [6, 6.07) is 19.4. The van der Waals surface area contributed by atoms with Gasteiger partial charge in [0.25, 0.3) is 5.89 Å². The highest BCUT2D eigenvalue weighted by Crippen LogP contribution is 2.41. The monoisotopic (exact) mass is 449 g/mol. The Balaban J connectivity index is 1.42. The van der Waals surface area contributed by atoms with Gasteiger partial charge in [-0.1, -0.05) is 80.6 Å². The number of para-hydroxylation sites is 1. The summed E-state index contributed by atoms with van der Waals surface area (Å²) in [5, 5.41) is 23.0. The molecule has 6 nitrogen and oxygen atoms in total. The first-order valence-corrected chi connectivity index (χ1v) is 12.1. The maximum Gasteiger partial charge on any atom is 0.271 e. The second-order valence-corrected chi connectivity index (χ2v) is 9.77. The molecule has 0 radical (unpaired) electrons. The lowest BCUT2D eigenvalue weighted by atomic mass is 9.73. The van der Waals surface area contributed by atoms with Crippen LogP contribution in [0.2, 0.25) is 0 Å². The molecule has 176 valence electrons. The number of hydrogen-bond donors (Lipinski definition) is 0. The van der Waals surface area contributed by atoms with Crippen molar-refractivity contribution in [2.45, 2.75) is 50.7 Å². The molecule has 0 aliphatic heterocycles. The van der Waals surface area contributed by atoms with Gasteiger partial charge in [0.1, 0.15) is 5.75 Å². The Bertz CT molecular complexity index is 984. The molecule has 6 heteroatoms. The predicted molar refractivity (Wildman–Crippen MR) is 125 cm³/mol. The van der Waals surface area contributed by atoms with Crippen molar-refractivity contribution in [2.75, 3.05) is 27.2 Å². The quantitative estimate of drug-likeness (QED) is 0.341. The Morgan fingerprint density at radius 2 is 1.64 bits per heavy atom. The normalized spacial score (nSPS) is 16.9. The van der Waals surface area contributed by atoms with Crippen molar-refractivity contribution >= 4 is 0 Å². The summed E-state index contributed by atoms with van der Waals surface area (Å²) in [4.78, 5) is 0. The maximum absolute atomic E-state index is 14.4. The van der Waals surface area contributed by atoms with E-state index in [1.807, 2.05) is 60.7 Å². The first-order chi connectivity index (χ1) is 16.0. The lowest BCUT2D eigenvalue weighted by Gasteiger charge is -2.46. The van der Waals surface area contributed by atoms with Gasteiger partial charge >= 0.3 is 0 Å². The minimum absolute atomic E-state index is 0.0282. The zero-order valence-corrected chi connectivity index (χ0v) is 19.8. The van der Waals surface area contributed by atoms with Gasteiger partial charge in [0.2, 0.25) is 5.89 Å². The lowest BCUT2D eigenvalue weighted by Crippen LogP contribution is -2.49. The molecule has 1 atom stereocenters. The summed E-state index contributed by atoms with van der Waals surface area (Å²) in [5.74, 6) is 1.59. The molecule has 1 saturated carbocycles. The van der Waals surface area contributed by atoms with E-state index in [0.717, 1.165) is 50.0 Å². The minimum Gasteiger partial charge on any atom is -0.839 e. The molecule has 0 saturated heterocycles. The summed E-state index contributed by atoms with van der Waals surface area (Å²) >= 11 is 0. The van der Waals surface area contributed by atoms with Crippen molar-refractivity contribution in [2.24, 2.45) is 5.92 Å². The molecule has 1 aromatic heterocycles. The van der Waals surface area contributed by atoms with E-state index in [4.69, 9.17) is 9.15 Å². The number of quaternary nitrogens is 1. The number of aromatic nitrogens is 2. The van der Waals surface area contributed by atoms with Crippen molar-refractivity contribution in [1.82, 2.24) is 10.2 Å². The van der Waals surface area contributed by atoms with Gasteiger partial charge in [-0.2, -0.15) is 0 Å². The average molecular weight is 450 g/mol. The second kappa shape index (κ2) is 10.5. The molecular formula is C27H35N3O3. The van der Waals surface area contributed by atoms with E-state index in [1.54, 1.807) is 0 Å². The fraction of sp³-hybridized carbons (Fsp3) is 0.481. The molecular weight excluding hydrogens is 414 g/mol. The third-order valence-corrected chi connectivity index (χ3v) is 6.65. The largest absolute Gasteiger partial charge is 0.839 e. The van der Waals surface area contributed by atoms with Crippen LogP contribution in [0.5, 0.6) is 5.75 Å². The topological polar surface area (TPSA) is 71.2 Å².